The largest absolute Gasteiger partial charge is 0.497 e. The molecule has 0 aliphatic carbocycles. The van der Waals surface area contributed by atoms with Crippen LogP contribution in [0.3, 0.4) is 0 Å². The van der Waals surface area contributed by atoms with Gasteiger partial charge in [0.05, 0.1) is 12.8 Å². The van der Waals surface area contributed by atoms with Crippen molar-refractivity contribution in [1.29, 1.82) is 0 Å². The molecule has 2 aromatic carbocycles. The van der Waals surface area contributed by atoms with Gasteiger partial charge in [-0.1, -0.05) is 12.1 Å². The molecule has 0 saturated carbocycles. The quantitative estimate of drug-likeness (QED) is 0.485. The summed E-state index contributed by atoms with van der Waals surface area (Å²) in [6.45, 7) is -0.723. The molecule has 0 radical (unpaired) electrons. The average Bonchev–Trinajstić information content (AvgIpc) is 2.65. The average molecular weight is 365 g/mol. The van der Waals surface area contributed by atoms with Gasteiger partial charge < -0.3 is 14.8 Å². The lowest BCUT2D eigenvalue weighted by Crippen LogP contribution is -2.21. The van der Waals surface area contributed by atoms with Crippen molar-refractivity contribution >= 4 is 23.6 Å². The number of hydrogen-bond acceptors (Lipinski definition) is 4. The molecular formula is C18H14F3NO4. The Bertz CT molecular complexity index is 852. The van der Waals surface area contributed by atoms with Gasteiger partial charge in [-0.05, 0) is 35.9 Å². The molecule has 0 heterocycles. The number of nitrogens with one attached hydrogen (secondary N) is 1. The van der Waals surface area contributed by atoms with Crippen LogP contribution in [0.1, 0.15) is 5.56 Å². The summed E-state index contributed by atoms with van der Waals surface area (Å²) in [7, 11) is 1.51. The molecule has 5 nitrogen and oxygen atoms in total. The lowest BCUT2D eigenvalue weighted by molar-refractivity contribution is -0.142. The highest BCUT2D eigenvalue weighted by atomic mass is 19.2. The zero-order valence-corrected chi connectivity index (χ0v) is 13.6. The van der Waals surface area contributed by atoms with Crippen LogP contribution in [0.15, 0.2) is 42.5 Å². The van der Waals surface area contributed by atoms with Crippen LogP contribution in [0.4, 0.5) is 18.9 Å². The number of anilines is 1. The lowest BCUT2D eigenvalue weighted by atomic mass is 10.2. The number of carbonyl (C=O) groups excluding carboxylic acids is 2. The molecule has 8 heteroatoms. The Balaban J connectivity index is 1.88. The number of ether oxygens (including phenoxy) is 2. The molecular weight excluding hydrogens is 351 g/mol. The van der Waals surface area contributed by atoms with Gasteiger partial charge in [-0.15, -0.1) is 0 Å². The minimum atomic E-state index is -1.71. The molecule has 0 bridgehead atoms. The third-order valence-corrected chi connectivity index (χ3v) is 3.16. The predicted octanol–water partition coefficient (Wildman–Crippen LogP) is 3.31. The van der Waals surface area contributed by atoms with Gasteiger partial charge in [-0.25, -0.2) is 18.0 Å². The van der Waals surface area contributed by atoms with E-state index in [0.29, 0.717) is 17.4 Å². The molecule has 0 spiro atoms. The molecule has 2 aromatic rings. The van der Waals surface area contributed by atoms with Crippen molar-refractivity contribution in [3.8, 4) is 5.75 Å². The SMILES string of the molecule is COc1cccc(/C=C/C(=O)OCC(=O)Nc2ccc(F)c(F)c2F)c1. The van der Waals surface area contributed by atoms with Gasteiger partial charge >= 0.3 is 5.97 Å². The summed E-state index contributed by atoms with van der Waals surface area (Å²) >= 11 is 0. The zero-order chi connectivity index (χ0) is 19.1. The van der Waals surface area contributed by atoms with Gasteiger partial charge in [-0.2, -0.15) is 0 Å². The lowest BCUT2D eigenvalue weighted by Gasteiger charge is -2.07. The van der Waals surface area contributed by atoms with Gasteiger partial charge in [-0.3, -0.25) is 4.79 Å². The Kier molecular flexibility index (Phi) is 6.37. The van der Waals surface area contributed by atoms with Crippen molar-refractivity contribution in [2.45, 2.75) is 0 Å². The Morgan fingerprint density at radius 2 is 1.88 bits per heavy atom. The first-order valence-electron chi connectivity index (χ1n) is 7.33. The van der Waals surface area contributed by atoms with Crippen LogP contribution in [0.25, 0.3) is 6.08 Å². The van der Waals surface area contributed by atoms with Crippen LogP contribution < -0.4 is 10.1 Å². The summed E-state index contributed by atoms with van der Waals surface area (Å²) in [5, 5.41) is 1.98. The van der Waals surface area contributed by atoms with Crippen LogP contribution in [0.5, 0.6) is 5.75 Å². The summed E-state index contributed by atoms with van der Waals surface area (Å²) in [6, 6.07) is 8.39. The predicted molar refractivity (Wildman–Crippen MR) is 87.9 cm³/mol. The molecule has 136 valence electrons. The highest BCUT2D eigenvalue weighted by Crippen LogP contribution is 2.19. The van der Waals surface area contributed by atoms with E-state index in [1.165, 1.54) is 13.2 Å². The van der Waals surface area contributed by atoms with E-state index in [9.17, 15) is 22.8 Å². The third-order valence-electron chi connectivity index (χ3n) is 3.16. The monoisotopic (exact) mass is 365 g/mol. The van der Waals surface area contributed by atoms with Crippen molar-refractivity contribution in [3.05, 3.63) is 65.5 Å². The second-order valence-electron chi connectivity index (χ2n) is 4.99. The van der Waals surface area contributed by atoms with E-state index < -0.39 is 41.6 Å². The Labute approximate surface area is 147 Å². The number of benzene rings is 2. The molecule has 0 aliphatic heterocycles. The molecule has 0 aliphatic rings. The summed E-state index contributed by atoms with van der Waals surface area (Å²) in [6.07, 6.45) is 2.55. The molecule has 2 rings (SSSR count). The van der Waals surface area contributed by atoms with E-state index in [4.69, 9.17) is 4.74 Å². The van der Waals surface area contributed by atoms with Gasteiger partial charge in [0.2, 0.25) is 0 Å². The highest BCUT2D eigenvalue weighted by molar-refractivity contribution is 5.94. The standard InChI is InChI=1S/C18H14F3NO4/c1-25-12-4-2-3-11(9-12)5-8-16(24)26-10-15(23)22-14-7-6-13(19)17(20)18(14)21/h2-9H,10H2,1H3,(H,22,23)/b8-5+. The molecule has 1 amide bonds. The van der Waals surface area contributed by atoms with Crippen LogP contribution in [0, 0.1) is 17.5 Å². The van der Waals surface area contributed by atoms with E-state index in [1.54, 1.807) is 24.3 Å². The van der Waals surface area contributed by atoms with E-state index in [1.807, 2.05) is 5.32 Å². The van der Waals surface area contributed by atoms with Crippen LogP contribution in [-0.4, -0.2) is 25.6 Å². The van der Waals surface area contributed by atoms with E-state index in [-0.39, 0.29) is 0 Å². The molecule has 0 atom stereocenters. The summed E-state index contributed by atoms with van der Waals surface area (Å²) in [5.74, 6) is -5.74. The summed E-state index contributed by atoms with van der Waals surface area (Å²) < 4.78 is 49.0. The minimum Gasteiger partial charge on any atom is -0.497 e. The molecule has 0 saturated heterocycles. The summed E-state index contributed by atoms with van der Waals surface area (Å²) in [5.41, 5.74) is 0.117. The maximum atomic E-state index is 13.4. The normalized spacial score (nSPS) is 10.6. The first-order valence-corrected chi connectivity index (χ1v) is 7.33. The minimum absolute atomic E-state index is 0.558. The first-order chi connectivity index (χ1) is 12.4. The smallest absolute Gasteiger partial charge is 0.331 e. The molecule has 0 fully saturated rings. The second-order valence-corrected chi connectivity index (χ2v) is 4.99. The Hall–Kier alpha value is -3.29. The van der Waals surface area contributed by atoms with E-state index >= 15 is 0 Å². The van der Waals surface area contributed by atoms with Crippen LogP contribution >= 0.6 is 0 Å². The molecule has 0 aromatic heterocycles. The van der Waals surface area contributed by atoms with Gasteiger partial charge in [0.15, 0.2) is 24.1 Å². The number of methoxy groups -OCH3 is 1. The van der Waals surface area contributed by atoms with E-state index in [2.05, 4.69) is 4.74 Å². The maximum Gasteiger partial charge on any atom is 0.331 e. The van der Waals surface area contributed by atoms with Crippen LogP contribution in [0.2, 0.25) is 0 Å². The highest BCUT2D eigenvalue weighted by Gasteiger charge is 2.15. The molecule has 1 N–H and O–H groups in total. The summed E-state index contributed by atoms with van der Waals surface area (Å²) in [4.78, 5) is 23.2. The fourth-order valence-corrected chi connectivity index (χ4v) is 1.90. The number of esters is 1. The number of carbonyl (C=O) groups is 2. The Morgan fingerprint density at radius 1 is 1.12 bits per heavy atom. The van der Waals surface area contributed by atoms with Crippen LogP contribution in [-0.2, 0) is 14.3 Å². The Morgan fingerprint density at radius 3 is 2.62 bits per heavy atom. The van der Waals surface area contributed by atoms with Crippen molar-refractivity contribution in [2.75, 3.05) is 19.0 Å². The third kappa shape index (κ3) is 5.10. The second kappa shape index (κ2) is 8.70. The number of amides is 1. The van der Waals surface area contributed by atoms with Gasteiger partial charge in [0.25, 0.3) is 5.91 Å². The first kappa shape index (κ1) is 19.0. The van der Waals surface area contributed by atoms with Crippen molar-refractivity contribution in [3.63, 3.8) is 0 Å². The van der Waals surface area contributed by atoms with Gasteiger partial charge in [0.1, 0.15) is 5.75 Å². The molecule has 26 heavy (non-hydrogen) atoms. The van der Waals surface area contributed by atoms with Crippen molar-refractivity contribution in [1.82, 2.24) is 0 Å². The fourth-order valence-electron chi connectivity index (χ4n) is 1.90. The topological polar surface area (TPSA) is 64.6 Å². The number of halogens is 3. The maximum absolute atomic E-state index is 13.4. The number of rotatable bonds is 6. The number of hydrogen-bond donors (Lipinski definition) is 1. The zero-order valence-electron chi connectivity index (χ0n) is 13.6. The fraction of sp³-hybridized carbons (Fsp3) is 0.111. The van der Waals surface area contributed by atoms with Crippen molar-refractivity contribution < 1.29 is 32.2 Å². The van der Waals surface area contributed by atoms with E-state index in [0.717, 1.165) is 12.1 Å². The van der Waals surface area contributed by atoms with Crippen molar-refractivity contribution in [2.24, 2.45) is 0 Å². The molecule has 0 unspecified atom stereocenters. The van der Waals surface area contributed by atoms with Gasteiger partial charge in [0, 0.05) is 6.08 Å².